The molecule has 3 aromatic rings. The molecule has 5 heterocycles. The standard InChI is InChI=1S/C51H63N9O8/c1-30-21-35(22-31(2)39(30)26-52)68-49-50(3,4)48(51(49,5)6)56-44(62)40-27-54-42(28-53-40)58-13-11-32(12-14-58)29-59(16-15-57-17-19-66-20-18-57)33-23-36(24-33)67-34-7-8-37-38(25-34)47(65)60(46(37)64)41-9-10-43(61)55-45(41)63/h7-8,21-22,25,27-28,32-33,36,41,48-49H,9-20,23-24,29H2,1-6H3,(H,56,62)(H,55,61,63). The molecule has 5 amide bonds. The van der Waals surface area contributed by atoms with Crippen molar-refractivity contribution in [3.8, 4) is 17.6 Å². The molecular weight excluding hydrogens is 867 g/mol. The number of anilines is 1. The van der Waals surface area contributed by atoms with Crippen molar-refractivity contribution in [3.05, 3.63) is 76.2 Å². The van der Waals surface area contributed by atoms with E-state index in [2.05, 4.69) is 64.1 Å². The number of nitrogens with one attached hydrogen (secondary N) is 2. The number of rotatable bonds is 14. The van der Waals surface area contributed by atoms with Crippen molar-refractivity contribution in [2.24, 2.45) is 16.7 Å². The van der Waals surface area contributed by atoms with Crippen LogP contribution in [0.25, 0.3) is 0 Å². The molecule has 0 spiro atoms. The largest absolute Gasteiger partial charge is 0.490 e. The van der Waals surface area contributed by atoms with Gasteiger partial charge in [0.05, 0.1) is 48.4 Å². The van der Waals surface area contributed by atoms with Crippen LogP contribution >= 0.6 is 0 Å². The van der Waals surface area contributed by atoms with Crippen LogP contribution in [0, 0.1) is 41.9 Å². The molecule has 5 fully saturated rings. The van der Waals surface area contributed by atoms with Crippen molar-refractivity contribution in [2.45, 2.75) is 110 Å². The number of carbonyl (C=O) groups excluding carboxylic acids is 5. The summed E-state index contributed by atoms with van der Waals surface area (Å²) in [6.07, 6.45) is 6.92. The van der Waals surface area contributed by atoms with E-state index < -0.39 is 29.7 Å². The van der Waals surface area contributed by atoms with Crippen molar-refractivity contribution in [1.82, 2.24) is 35.3 Å². The van der Waals surface area contributed by atoms with Gasteiger partial charge in [0.1, 0.15) is 41.3 Å². The molecule has 2 saturated carbocycles. The molecule has 2 aliphatic carbocycles. The highest BCUT2D eigenvalue weighted by molar-refractivity contribution is 6.23. The molecule has 1 unspecified atom stereocenters. The molecule has 17 heteroatoms. The average Bonchev–Trinajstić information content (AvgIpc) is 3.55. The molecule has 4 aliphatic heterocycles. The number of hydrogen-bond acceptors (Lipinski definition) is 14. The fraction of sp³-hybridized carbons (Fsp3) is 0.569. The second-order valence-corrected chi connectivity index (χ2v) is 20.7. The number of benzene rings is 2. The van der Waals surface area contributed by atoms with E-state index in [-0.39, 0.29) is 64.6 Å². The fourth-order valence-electron chi connectivity index (χ4n) is 11.8. The summed E-state index contributed by atoms with van der Waals surface area (Å²) < 4.78 is 18.5. The van der Waals surface area contributed by atoms with Crippen LogP contribution in [0.15, 0.2) is 42.7 Å². The molecule has 6 aliphatic rings. The number of nitrogens with zero attached hydrogens (tertiary/aromatic N) is 7. The number of piperidine rings is 2. The Morgan fingerprint density at radius 2 is 1.59 bits per heavy atom. The Balaban J connectivity index is 0.768. The monoisotopic (exact) mass is 929 g/mol. The van der Waals surface area contributed by atoms with Crippen molar-refractivity contribution in [2.75, 3.05) is 63.9 Å². The number of aromatic nitrogens is 2. The third kappa shape index (κ3) is 9.17. The number of fused-ring (bicyclic) bond motifs is 1. The van der Waals surface area contributed by atoms with Gasteiger partial charge < -0.3 is 24.4 Å². The lowest BCUT2D eigenvalue weighted by Crippen LogP contribution is -2.74. The quantitative estimate of drug-likeness (QED) is 0.215. The predicted octanol–water partition coefficient (Wildman–Crippen LogP) is 4.44. The van der Waals surface area contributed by atoms with Crippen LogP contribution in [0.3, 0.4) is 0 Å². The molecule has 360 valence electrons. The van der Waals surface area contributed by atoms with E-state index in [0.717, 1.165) is 112 Å². The Morgan fingerprint density at radius 3 is 2.24 bits per heavy atom. The first-order valence-corrected chi connectivity index (χ1v) is 24.1. The van der Waals surface area contributed by atoms with Gasteiger partial charge in [-0.3, -0.25) is 44.0 Å². The maximum atomic E-state index is 13.6. The van der Waals surface area contributed by atoms with Crippen LogP contribution in [-0.4, -0.2) is 144 Å². The molecule has 2 aromatic carbocycles. The van der Waals surface area contributed by atoms with Gasteiger partial charge in [0, 0.05) is 88.0 Å². The van der Waals surface area contributed by atoms with Crippen molar-refractivity contribution >= 4 is 35.4 Å². The van der Waals surface area contributed by atoms with Crippen LogP contribution < -0.4 is 25.0 Å². The number of nitriles is 1. The van der Waals surface area contributed by atoms with Gasteiger partial charge in [0.25, 0.3) is 17.7 Å². The van der Waals surface area contributed by atoms with Crippen LogP contribution in [0.1, 0.15) is 114 Å². The van der Waals surface area contributed by atoms with Crippen molar-refractivity contribution in [3.63, 3.8) is 0 Å². The number of morpholine rings is 1. The molecular formula is C51H63N9O8. The molecule has 0 radical (unpaired) electrons. The van der Waals surface area contributed by atoms with E-state index in [1.54, 1.807) is 30.6 Å². The average molecular weight is 930 g/mol. The maximum absolute atomic E-state index is 13.6. The molecule has 2 N–H and O–H groups in total. The number of ether oxygens (including phenoxy) is 3. The normalized spacial score (nSPS) is 25.8. The zero-order chi connectivity index (χ0) is 48.1. The summed E-state index contributed by atoms with van der Waals surface area (Å²) >= 11 is 0. The molecule has 17 nitrogen and oxygen atoms in total. The number of aryl methyl sites for hydroxylation is 2. The summed E-state index contributed by atoms with van der Waals surface area (Å²) in [5, 5.41) is 15.0. The van der Waals surface area contributed by atoms with E-state index in [1.165, 1.54) is 0 Å². The fourth-order valence-corrected chi connectivity index (χ4v) is 11.8. The summed E-state index contributed by atoms with van der Waals surface area (Å²) in [5.41, 5.74) is 2.39. The molecule has 1 aromatic heterocycles. The first-order valence-electron chi connectivity index (χ1n) is 24.1. The second kappa shape index (κ2) is 18.9. The lowest BCUT2D eigenvalue weighted by Gasteiger charge is -2.63. The number of amides is 5. The molecule has 1 atom stereocenters. The lowest BCUT2D eigenvalue weighted by molar-refractivity contribution is -0.164. The molecule has 68 heavy (non-hydrogen) atoms. The summed E-state index contributed by atoms with van der Waals surface area (Å²) in [6.45, 7) is 20.2. The summed E-state index contributed by atoms with van der Waals surface area (Å²) in [6, 6.07) is 10.2. The Morgan fingerprint density at radius 1 is 0.897 bits per heavy atom. The minimum atomic E-state index is -1.01. The van der Waals surface area contributed by atoms with Gasteiger partial charge in [0.2, 0.25) is 11.8 Å². The number of imide groups is 2. The topological polar surface area (TPSA) is 200 Å². The minimum absolute atomic E-state index is 0.0423. The van der Waals surface area contributed by atoms with Gasteiger partial charge in [0.15, 0.2) is 0 Å². The summed E-state index contributed by atoms with van der Waals surface area (Å²) in [4.78, 5) is 82.1. The van der Waals surface area contributed by atoms with E-state index >= 15 is 0 Å². The third-order valence-electron chi connectivity index (χ3n) is 15.4. The highest BCUT2D eigenvalue weighted by Gasteiger charge is 2.64. The Bertz CT molecular complexity index is 2460. The smallest absolute Gasteiger partial charge is 0.271 e. The Kier molecular flexibility index (Phi) is 13.1. The number of carbonyl (C=O) groups is 5. The number of hydrogen-bond donors (Lipinski definition) is 2. The van der Waals surface area contributed by atoms with E-state index in [1.807, 2.05) is 26.0 Å². The van der Waals surface area contributed by atoms with E-state index in [4.69, 9.17) is 19.2 Å². The van der Waals surface area contributed by atoms with E-state index in [0.29, 0.717) is 23.3 Å². The second-order valence-electron chi connectivity index (χ2n) is 20.7. The zero-order valence-corrected chi connectivity index (χ0v) is 40.0. The SMILES string of the molecule is Cc1cc(OC2C(C)(C)C(NC(=O)c3cnc(N4CCC(CN(CCN5CCOCC5)C5CC(Oc6ccc7c(c6)C(=O)N(C6CCC(=O)NC6=O)C7=O)C5)CC4)cn3)C2(C)C)cc(C)c1C#N. The molecule has 9 rings (SSSR count). The summed E-state index contributed by atoms with van der Waals surface area (Å²) in [7, 11) is 0. The minimum Gasteiger partial charge on any atom is -0.490 e. The van der Waals surface area contributed by atoms with Crippen LogP contribution in [0.5, 0.6) is 11.5 Å². The molecule has 3 saturated heterocycles. The van der Waals surface area contributed by atoms with Gasteiger partial charge in [-0.25, -0.2) is 9.97 Å². The van der Waals surface area contributed by atoms with Crippen LogP contribution in [0.4, 0.5) is 5.82 Å². The molecule has 0 bridgehead atoms. The predicted molar refractivity (Wildman–Crippen MR) is 250 cm³/mol. The van der Waals surface area contributed by atoms with Crippen LogP contribution in [0.2, 0.25) is 0 Å². The van der Waals surface area contributed by atoms with Gasteiger partial charge in [-0.05, 0) is 80.5 Å². The Labute approximate surface area is 397 Å². The van der Waals surface area contributed by atoms with Gasteiger partial charge >= 0.3 is 0 Å². The highest BCUT2D eigenvalue weighted by atomic mass is 16.5. The first kappa shape index (κ1) is 47.1. The van der Waals surface area contributed by atoms with Crippen molar-refractivity contribution < 1.29 is 38.2 Å². The Hall–Kier alpha value is -5.96. The van der Waals surface area contributed by atoms with Gasteiger partial charge in [-0.2, -0.15) is 5.26 Å². The third-order valence-corrected chi connectivity index (χ3v) is 15.4. The maximum Gasteiger partial charge on any atom is 0.271 e. The first-order chi connectivity index (χ1) is 32.5. The van der Waals surface area contributed by atoms with Gasteiger partial charge in [-0.1, -0.05) is 27.7 Å². The lowest BCUT2D eigenvalue weighted by atomic mass is 9.49. The van der Waals surface area contributed by atoms with Crippen molar-refractivity contribution in [1.29, 1.82) is 5.26 Å². The highest BCUT2D eigenvalue weighted by Crippen LogP contribution is 2.55. The van der Waals surface area contributed by atoms with Gasteiger partial charge in [-0.15, -0.1) is 0 Å². The van der Waals surface area contributed by atoms with E-state index in [9.17, 15) is 29.2 Å². The summed E-state index contributed by atoms with van der Waals surface area (Å²) in [5.74, 6) is 0.0970. The van der Waals surface area contributed by atoms with Crippen LogP contribution in [-0.2, 0) is 14.3 Å². The zero-order valence-electron chi connectivity index (χ0n) is 40.0.